The number of rotatable bonds is 9. The van der Waals surface area contributed by atoms with Crippen molar-refractivity contribution in [1.82, 2.24) is 16.0 Å². The van der Waals surface area contributed by atoms with Gasteiger partial charge < -0.3 is 20.7 Å². The summed E-state index contributed by atoms with van der Waals surface area (Å²) in [6, 6.07) is 8.45. The number of hydrogen-bond donors (Lipinski definition) is 3. The van der Waals surface area contributed by atoms with Crippen molar-refractivity contribution in [2.24, 2.45) is 4.99 Å². The second-order valence-electron chi connectivity index (χ2n) is 6.94. The van der Waals surface area contributed by atoms with Gasteiger partial charge in [0.2, 0.25) is 5.91 Å². The number of amides is 1. The Kier molecular flexibility index (Phi) is 12.7. The van der Waals surface area contributed by atoms with Crippen LogP contribution in [0.5, 0.6) is 5.75 Å². The van der Waals surface area contributed by atoms with Crippen molar-refractivity contribution in [1.29, 1.82) is 0 Å². The van der Waals surface area contributed by atoms with Crippen LogP contribution in [0.2, 0.25) is 0 Å². The largest absolute Gasteiger partial charge is 0.497 e. The molecular formula is C21H35IN4O2. The van der Waals surface area contributed by atoms with Crippen LogP contribution in [-0.2, 0) is 11.2 Å². The Morgan fingerprint density at radius 3 is 2.50 bits per heavy atom. The van der Waals surface area contributed by atoms with E-state index in [2.05, 4.69) is 33.1 Å². The van der Waals surface area contributed by atoms with E-state index < -0.39 is 0 Å². The maximum Gasteiger partial charge on any atom is 0.222 e. The molecule has 0 heterocycles. The van der Waals surface area contributed by atoms with Crippen LogP contribution in [0.15, 0.2) is 29.3 Å². The summed E-state index contributed by atoms with van der Waals surface area (Å²) in [5, 5.41) is 9.70. The van der Waals surface area contributed by atoms with Crippen molar-refractivity contribution in [3.8, 4) is 5.75 Å². The van der Waals surface area contributed by atoms with Gasteiger partial charge in [0.25, 0.3) is 0 Å². The molecule has 0 bridgehead atoms. The maximum atomic E-state index is 12.1. The highest BCUT2D eigenvalue weighted by atomic mass is 127. The highest BCUT2D eigenvalue weighted by Crippen LogP contribution is 2.17. The van der Waals surface area contributed by atoms with Crippen LogP contribution >= 0.6 is 24.0 Å². The van der Waals surface area contributed by atoms with Crippen molar-refractivity contribution in [3.05, 3.63) is 29.8 Å². The molecule has 0 radical (unpaired) electrons. The first-order valence-corrected chi connectivity index (χ1v) is 10.2. The number of ether oxygens (including phenoxy) is 1. The van der Waals surface area contributed by atoms with E-state index in [1.54, 1.807) is 7.11 Å². The first-order chi connectivity index (χ1) is 13.2. The monoisotopic (exact) mass is 502 g/mol. The quantitative estimate of drug-likeness (QED) is 0.276. The van der Waals surface area contributed by atoms with Crippen LogP contribution in [0, 0.1) is 0 Å². The summed E-state index contributed by atoms with van der Waals surface area (Å²) < 4.78 is 5.18. The van der Waals surface area contributed by atoms with E-state index in [0.717, 1.165) is 44.1 Å². The minimum absolute atomic E-state index is 0. The molecule has 0 atom stereocenters. The number of guanidine groups is 1. The first kappa shape index (κ1) is 24.5. The molecule has 0 saturated heterocycles. The molecule has 1 saturated carbocycles. The summed E-state index contributed by atoms with van der Waals surface area (Å²) in [5.74, 6) is 1.74. The summed E-state index contributed by atoms with van der Waals surface area (Å²) in [6.45, 7) is 4.11. The summed E-state index contributed by atoms with van der Waals surface area (Å²) >= 11 is 0. The Bertz CT molecular complexity index is 587. The van der Waals surface area contributed by atoms with Gasteiger partial charge in [-0.05, 0) is 43.9 Å². The molecule has 2 rings (SSSR count). The normalized spacial score (nSPS) is 14.7. The number of aliphatic imine (C=N–C) groups is 1. The third kappa shape index (κ3) is 9.61. The lowest BCUT2D eigenvalue weighted by Crippen LogP contribution is -2.39. The van der Waals surface area contributed by atoms with Crippen LogP contribution in [-0.4, -0.2) is 44.7 Å². The van der Waals surface area contributed by atoms with Crippen LogP contribution in [0.25, 0.3) is 0 Å². The number of methoxy groups -OCH3 is 1. The number of halogens is 1. The van der Waals surface area contributed by atoms with E-state index in [1.807, 2.05) is 19.1 Å². The fourth-order valence-electron chi connectivity index (χ4n) is 3.28. The highest BCUT2D eigenvalue weighted by Gasteiger charge is 2.15. The Hall–Kier alpha value is -1.51. The van der Waals surface area contributed by atoms with E-state index in [-0.39, 0.29) is 29.9 Å². The van der Waals surface area contributed by atoms with Crippen LogP contribution in [0.3, 0.4) is 0 Å². The molecule has 6 nitrogen and oxygen atoms in total. The Morgan fingerprint density at radius 2 is 1.86 bits per heavy atom. The molecule has 0 aliphatic heterocycles. The Balaban J connectivity index is 0.00000392. The van der Waals surface area contributed by atoms with Gasteiger partial charge >= 0.3 is 0 Å². The maximum absolute atomic E-state index is 12.1. The SMILES string of the molecule is CCNC(=NCCC(=O)NC1CCCCC1)NCCc1ccc(OC)cc1.I. The summed E-state index contributed by atoms with van der Waals surface area (Å²) in [7, 11) is 1.67. The predicted octanol–water partition coefficient (Wildman–Crippen LogP) is 3.25. The van der Waals surface area contributed by atoms with E-state index in [0.29, 0.717) is 19.0 Å². The highest BCUT2D eigenvalue weighted by molar-refractivity contribution is 14.0. The predicted molar refractivity (Wildman–Crippen MR) is 126 cm³/mol. The Morgan fingerprint density at radius 1 is 1.14 bits per heavy atom. The van der Waals surface area contributed by atoms with Gasteiger partial charge in [0, 0.05) is 25.6 Å². The van der Waals surface area contributed by atoms with Gasteiger partial charge in [0.05, 0.1) is 13.7 Å². The van der Waals surface area contributed by atoms with Gasteiger partial charge in [-0.1, -0.05) is 31.4 Å². The molecule has 1 aliphatic carbocycles. The van der Waals surface area contributed by atoms with Crippen molar-refractivity contribution >= 4 is 35.8 Å². The van der Waals surface area contributed by atoms with E-state index in [1.165, 1.54) is 24.8 Å². The second-order valence-corrected chi connectivity index (χ2v) is 6.94. The molecule has 1 aromatic rings. The smallest absolute Gasteiger partial charge is 0.222 e. The molecule has 1 fully saturated rings. The summed E-state index contributed by atoms with van der Waals surface area (Å²) in [4.78, 5) is 16.6. The molecular weight excluding hydrogens is 467 g/mol. The Labute approximate surface area is 186 Å². The van der Waals surface area contributed by atoms with Crippen LogP contribution in [0.4, 0.5) is 0 Å². The summed E-state index contributed by atoms with van der Waals surface area (Å²) in [5.41, 5.74) is 1.24. The topological polar surface area (TPSA) is 74.8 Å². The lowest BCUT2D eigenvalue weighted by molar-refractivity contribution is -0.121. The molecule has 0 unspecified atom stereocenters. The summed E-state index contributed by atoms with van der Waals surface area (Å²) in [6.07, 6.45) is 7.32. The van der Waals surface area contributed by atoms with Gasteiger partial charge in [-0.2, -0.15) is 0 Å². The van der Waals surface area contributed by atoms with Gasteiger partial charge in [-0.3, -0.25) is 9.79 Å². The second kappa shape index (κ2) is 14.5. The molecule has 0 spiro atoms. The molecule has 1 aromatic carbocycles. The van der Waals surface area contributed by atoms with E-state index >= 15 is 0 Å². The first-order valence-electron chi connectivity index (χ1n) is 10.2. The van der Waals surface area contributed by atoms with Crippen LogP contribution < -0.4 is 20.7 Å². The van der Waals surface area contributed by atoms with E-state index in [4.69, 9.17) is 4.74 Å². The number of carbonyl (C=O) groups excluding carboxylic acids is 1. The van der Waals surface area contributed by atoms with Gasteiger partial charge in [-0.25, -0.2) is 0 Å². The van der Waals surface area contributed by atoms with Crippen molar-refractivity contribution in [2.75, 3.05) is 26.7 Å². The number of nitrogens with zero attached hydrogens (tertiary/aromatic N) is 1. The number of hydrogen-bond acceptors (Lipinski definition) is 3. The molecule has 158 valence electrons. The van der Waals surface area contributed by atoms with Gasteiger partial charge in [0.1, 0.15) is 5.75 Å². The minimum Gasteiger partial charge on any atom is -0.497 e. The van der Waals surface area contributed by atoms with Gasteiger partial charge in [0.15, 0.2) is 5.96 Å². The molecule has 1 aliphatic rings. The van der Waals surface area contributed by atoms with Crippen LogP contribution in [0.1, 0.15) is 51.0 Å². The average molecular weight is 502 g/mol. The lowest BCUT2D eigenvalue weighted by Gasteiger charge is -2.22. The zero-order valence-electron chi connectivity index (χ0n) is 17.1. The third-order valence-electron chi connectivity index (χ3n) is 4.79. The van der Waals surface area contributed by atoms with Crippen molar-refractivity contribution < 1.29 is 9.53 Å². The third-order valence-corrected chi connectivity index (χ3v) is 4.79. The van der Waals surface area contributed by atoms with Crippen molar-refractivity contribution in [3.63, 3.8) is 0 Å². The van der Waals surface area contributed by atoms with Crippen molar-refractivity contribution in [2.45, 2.75) is 57.9 Å². The zero-order chi connectivity index (χ0) is 19.3. The fraction of sp³-hybridized carbons (Fsp3) is 0.619. The molecule has 28 heavy (non-hydrogen) atoms. The molecule has 1 amide bonds. The molecule has 0 aromatic heterocycles. The number of nitrogens with one attached hydrogen (secondary N) is 3. The number of benzene rings is 1. The fourth-order valence-corrected chi connectivity index (χ4v) is 3.28. The molecule has 3 N–H and O–H groups in total. The average Bonchev–Trinajstić information content (AvgIpc) is 2.69. The standard InChI is InChI=1S/C21H34N4O2.HI/c1-3-22-21(23-15-13-17-9-11-19(27-2)12-10-17)24-16-14-20(26)25-18-7-5-4-6-8-18;/h9-12,18H,3-8,13-16H2,1-2H3,(H,25,26)(H2,22,23,24);1H. The number of carbonyl (C=O) groups is 1. The van der Waals surface area contributed by atoms with Gasteiger partial charge in [-0.15, -0.1) is 24.0 Å². The lowest BCUT2D eigenvalue weighted by atomic mass is 9.95. The molecule has 7 heteroatoms. The minimum atomic E-state index is 0. The zero-order valence-corrected chi connectivity index (χ0v) is 19.5. The van der Waals surface area contributed by atoms with E-state index in [9.17, 15) is 4.79 Å².